The first-order valence-corrected chi connectivity index (χ1v) is 9.34. The van der Waals surface area contributed by atoms with Crippen LogP contribution < -0.4 is 15.4 Å². The minimum absolute atomic E-state index is 0.100. The predicted octanol–water partition coefficient (Wildman–Crippen LogP) is 1.52. The number of benzene rings is 1. The molecule has 1 aliphatic heterocycles. The van der Waals surface area contributed by atoms with E-state index in [9.17, 15) is 4.39 Å². The molecule has 1 unspecified atom stereocenters. The summed E-state index contributed by atoms with van der Waals surface area (Å²) in [6, 6.07) is 2.88. The Hall–Kier alpha value is -3.50. The first kappa shape index (κ1) is 17.6. The molecule has 3 aromatic heterocycles. The molecule has 1 saturated heterocycles. The maximum Gasteiger partial charge on any atom is 0.223 e. The van der Waals surface area contributed by atoms with Crippen molar-refractivity contribution in [2.75, 3.05) is 30.8 Å². The number of fused-ring (bicyclic) bond motifs is 3. The van der Waals surface area contributed by atoms with Crippen LogP contribution in [0.4, 0.5) is 16.2 Å². The quantitative estimate of drug-likeness (QED) is 0.554. The van der Waals surface area contributed by atoms with E-state index in [1.165, 1.54) is 23.8 Å². The van der Waals surface area contributed by atoms with Crippen molar-refractivity contribution in [1.29, 1.82) is 0 Å². The summed E-state index contributed by atoms with van der Waals surface area (Å²) in [6.07, 6.45) is 3.82. The third kappa shape index (κ3) is 2.89. The van der Waals surface area contributed by atoms with Gasteiger partial charge in [-0.1, -0.05) is 5.21 Å². The Morgan fingerprint density at radius 3 is 2.90 bits per heavy atom. The molecule has 11 heteroatoms. The van der Waals surface area contributed by atoms with Gasteiger partial charge in [-0.25, -0.2) is 14.4 Å². The number of methoxy groups -OCH3 is 1. The van der Waals surface area contributed by atoms with Crippen LogP contribution >= 0.6 is 0 Å². The molecule has 1 atom stereocenters. The fourth-order valence-corrected chi connectivity index (χ4v) is 3.85. The molecule has 4 aromatic rings. The molecule has 0 radical (unpaired) electrons. The third-order valence-corrected chi connectivity index (χ3v) is 5.29. The molecule has 0 aliphatic carbocycles. The minimum atomic E-state index is -0.482. The Bertz CT molecular complexity index is 1220. The van der Waals surface area contributed by atoms with Crippen molar-refractivity contribution < 1.29 is 9.13 Å². The first-order valence-electron chi connectivity index (χ1n) is 9.34. The Labute approximate surface area is 165 Å². The summed E-state index contributed by atoms with van der Waals surface area (Å²) < 4.78 is 22.5. The van der Waals surface area contributed by atoms with Crippen LogP contribution in [0.15, 0.2) is 18.3 Å². The smallest absolute Gasteiger partial charge is 0.223 e. The summed E-state index contributed by atoms with van der Waals surface area (Å²) in [6.45, 7) is 1.63. The lowest BCUT2D eigenvalue weighted by Gasteiger charge is -2.31. The van der Waals surface area contributed by atoms with Crippen molar-refractivity contribution in [1.82, 2.24) is 34.6 Å². The highest BCUT2D eigenvalue weighted by molar-refractivity contribution is 5.93. The van der Waals surface area contributed by atoms with Crippen molar-refractivity contribution >= 4 is 28.3 Å². The number of nitrogen functional groups attached to an aromatic ring is 1. The van der Waals surface area contributed by atoms with Crippen molar-refractivity contribution in [3.63, 3.8) is 0 Å². The summed E-state index contributed by atoms with van der Waals surface area (Å²) in [7, 11) is 3.25. The van der Waals surface area contributed by atoms with Crippen LogP contribution in [0.3, 0.4) is 0 Å². The zero-order chi connectivity index (χ0) is 20.1. The highest BCUT2D eigenvalue weighted by Gasteiger charge is 2.27. The van der Waals surface area contributed by atoms with E-state index in [1.807, 2.05) is 13.2 Å². The van der Waals surface area contributed by atoms with Crippen molar-refractivity contribution in [3.8, 4) is 5.75 Å². The molecule has 0 bridgehead atoms. The van der Waals surface area contributed by atoms with E-state index in [-0.39, 0.29) is 17.6 Å². The van der Waals surface area contributed by atoms with E-state index in [1.54, 1.807) is 4.68 Å². The zero-order valence-electron chi connectivity index (χ0n) is 16.1. The molecule has 10 nitrogen and oxygen atoms in total. The van der Waals surface area contributed by atoms with Gasteiger partial charge in [-0.3, -0.25) is 4.68 Å². The summed E-state index contributed by atoms with van der Waals surface area (Å²) in [5.41, 5.74) is 7.10. The molecule has 29 heavy (non-hydrogen) atoms. The molecule has 1 aliphatic rings. The number of piperidine rings is 1. The number of aromatic nitrogens is 7. The van der Waals surface area contributed by atoms with Gasteiger partial charge in [0.1, 0.15) is 0 Å². The standard InChI is InChI=1S/C18H20FN9O/c1-26-9-15(23-25-26)27-5-3-4-10(8-27)16-22-17-11-6-12(19)14(29-2)7-13(11)21-18(20)28(17)24-16/h6-7,9-10H,3-5,8H2,1-2H3,(H2,20,21). The van der Waals surface area contributed by atoms with E-state index in [4.69, 9.17) is 15.5 Å². The third-order valence-electron chi connectivity index (χ3n) is 5.29. The lowest BCUT2D eigenvalue weighted by Crippen LogP contribution is -2.35. The Balaban J connectivity index is 1.56. The van der Waals surface area contributed by atoms with Crippen LogP contribution in [0, 0.1) is 5.82 Å². The number of ether oxygens (including phenoxy) is 1. The van der Waals surface area contributed by atoms with Gasteiger partial charge in [-0.15, -0.1) is 10.2 Å². The van der Waals surface area contributed by atoms with E-state index >= 15 is 0 Å². The van der Waals surface area contributed by atoms with Crippen molar-refractivity contribution in [2.45, 2.75) is 18.8 Å². The number of rotatable bonds is 3. The largest absolute Gasteiger partial charge is 0.494 e. The Morgan fingerprint density at radius 2 is 2.14 bits per heavy atom. The number of nitrogens with zero attached hydrogens (tertiary/aromatic N) is 8. The molecule has 2 N–H and O–H groups in total. The van der Waals surface area contributed by atoms with Crippen LogP contribution in [0.25, 0.3) is 16.6 Å². The number of nitrogens with two attached hydrogens (primary N) is 1. The van der Waals surface area contributed by atoms with Gasteiger partial charge in [0.15, 0.2) is 28.9 Å². The number of aryl methyl sites for hydroxylation is 1. The Kier molecular flexibility index (Phi) is 3.96. The van der Waals surface area contributed by atoms with E-state index < -0.39 is 5.82 Å². The summed E-state index contributed by atoms with van der Waals surface area (Å²) in [5.74, 6) is 1.42. The van der Waals surface area contributed by atoms with Gasteiger partial charge >= 0.3 is 0 Å². The fraction of sp³-hybridized carbons (Fsp3) is 0.389. The normalized spacial score (nSPS) is 17.3. The van der Waals surface area contributed by atoms with Gasteiger partial charge in [-0.2, -0.15) is 4.52 Å². The molecule has 0 spiro atoms. The van der Waals surface area contributed by atoms with Gasteiger partial charge in [0.25, 0.3) is 0 Å². The molecule has 5 rings (SSSR count). The average Bonchev–Trinajstić information content (AvgIpc) is 3.36. The second kappa shape index (κ2) is 6.54. The van der Waals surface area contributed by atoms with Gasteiger partial charge < -0.3 is 15.4 Å². The summed E-state index contributed by atoms with van der Waals surface area (Å²) in [5, 5.41) is 13.3. The van der Waals surface area contributed by atoms with Gasteiger partial charge in [0.05, 0.1) is 18.8 Å². The van der Waals surface area contributed by atoms with E-state index in [0.717, 1.165) is 31.7 Å². The molecule has 1 aromatic carbocycles. The van der Waals surface area contributed by atoms with Gasteiger partial charge in [-0.05, 0) is 18.9 Å². The van der Waals surface area contributed by atoms with Crippen molar-refractivity contribution in [3.05, 3.63) is 30.0 Å². The molecule has 4 heterocycles. The van der Waals surface area contributed by atoms with Crippen LogP contribution in [-0.2, 0) is 7.05 Å². The second-order valence-electron chi connectivity index (χ2n) is 7.21. The maximum absolute atomic E-state index is 14.3. The Morgan fingerprint density at radius 1 is 1.28 bits per heavy atom. The minimum Gasteiger partial charge on any atom is -0.494 e. The fourth-order valence-electron chi connectivity index (χ4n) is 3.85. The first-order chi connectivity index (χ1) is 14.0. The topological polar surface area (TPSA) is 112 Å². The molecule has 1 fully saturated rings. The zero-order valence-corrected chi connectivity index (χ0v) is 16.1. The van der Waals surface area contributed by atoms with Crippen molar-refractivity contribution in [2.24, 2.45) is 7.05 Å². The van der Waals surface area contributed by atoms with Crippen LogP contribution in [0.5, 0.6) is 5.75 Å². The predicted molar refractivity (Wildman–Crippen MR) is 104 cm³/mol. The molecule has 0 saturated carbocycles. The summed E-state index contributed by atoms with van der Waals surface area (Å²) >= 11 is 0. The average molecular weight is 397 g/mol. The van der Waals surface area contributed by atoms with E-state index in [2.05, 4.69) is 25.3 Å². The van der Waals surface area contributed by atoms with Crippen LogP contribution in [0.1, 0.15) is 24.6 Å². The highest BCUT2D eigenvalue weighted by Crippen LogP contribution is 2.31. The van der Waals surface area contributed by atoms with Gasteiger partial charge in [0.2, 0.25) is 5.95 Å². The second-order valence-corrected chi connectivity index (χ2v) is 7.21. The monoisotopic (exact) mass is 397 g/mol. The number of hydrogen-bond acceptors (Lipinski definition) is 8. The molecular weight excluding hydrogens is 377 g/mol. The van der Waals surface area contributed by atoms with Gasteiger partial charge in [0, 0.05) is 37.5 Å². The van der Waals surface area contributed by atoms with E-state index in [0.29, 0.717) is 22.4 Å². The molecule has 150 valence electrons. The summed E-state index contributed by atoms with van der Waals surface area (Å²) in [4.78, 5) is 11.2. The lowest BCUT2D eigenvalue weighted by molar-refractivity contribution is 0.387. The van der Waals surface area contributed by atoms with Crippen LogP contribution in [0.2, 0.25) is 0 Å². The number of hydrogen-bond donors (Lipinski definition) is 1. The SMILES string of the molecule is COc1cc2nc(N)n3nc(C4CCCN(c5cn(C)nn5)C4)nc3c2cc1F. The lowest BCUT2D eigenvalue weighted by atomic mass is 9.97. The molecule has 0 amide bonds. The number of anilines is 2. The number of halogens is 1. The van der Waals surface area contributed by atoms with Crippen LogP contribution in [-0.4, -0.2) is 54.8 Å². The maximum atomic E-state index is 14.3. The highest BCUT2D eigenvalue weighted by atomic mass is 19.1. The molecular formula is C18H20FN9O.